The lowest BCUT2D eigenvalue weighted by atomic mass is 10.1. The van der Waals surface area contributed by atoms with Crippen LogP contribution in [0.2, 0.25) is 0 Å². The van der Waals surface area contributed by atoms with E-state index in [0.717, 1.165) is 30.4 Å². The van der Waals surface area contributed by atoms with Crippen LogP contribution in [0.25, 0.3) is 0 Å². The molecule has 2 aromatic rings. The van der Waals surface area contributed by atoms with Gasteiger partial charge in [-0.05, 0) is 50.7 Å². The highest BCUT2D eigenvalue weighted by molar-refractivity contribution is 5.79. The minimum absolute atomic E-state index is 0.659. The number of nitrogens with one attached hydrogen (secondary N) is 2. The average Bonchev–Trinajstić information content (AvgIpc) is 2.64. The lowest BCUT2D eigenvalue weighted by Crippen LogP contribution is -2.36. The van der Waals surface area contributed by atoms with Crippen LogP contribution in [-0.2, 0) is 19.6 Å². The average molecular weight is 369 g/mol. The van der Waals surface area contributed by atoms with Crippen LogP contribution in [0.5, 0.6) is 5.75 Å². The highest BCUT2D eigenvalue weighted by Crippen LogP contribution is 2.20. The quantitative estimate of drug-likeness (QED) is 0.554. The molecule has 0 spiro atoms. The molecule has 2 N–H and O–H groups in total. The molecule has 0 saturated heterocycles. The first-order valence-corrected chi connectivity index (χ1v) is 9.41. The maximum Gasteiger partial charge on any atom is 0.191 e. The van der Waals surface area contributed by atoms with Crippen LogP contribution in [-0.4, -0.2) is 38.6 Å². The van der Waals surface area contributed by atoms with Gasteiger partial charge in [-0.1, -0.05) is 36.4 Å². The van der Waals surface area contributed by atoms with E-state index in [1.165, 1.54) is 16.7 Å². The van der Waals surface area contributed by atoms with Crippen LogP contribution >= 0.6 is 0 Å². The van der Waals surface area contributed by atoms with Crippen molar-refractivity contribution in [2.75, 3.05) is 27.7 Å². The number of benzene rings is 2. The standard InChI is InChI=1S/C22H32N4O/c1-6-27-21-13-17(2)11-12-19(21)15-25-22(23-3)24-14-18-9-7-8-10-20(18)16-26(4)5/h7-13H,6,14-16H2,1-5H3,(H2,23,24,25). The van der Waals surface area contributed by atoms with Crippen LogP contribution in [0.4, 0.5) is 0 Å². The third-order valence-corrected chi connectivity index (χ3v) is 4.24. The fourth-order valence-corrected chi connectivity index (χ4v) is 2.90. The lowest BCUT2D eigenvalue weighted by Gasteiger charge is -2.17. The monoisotopic (exact) mass is 368 g/mol. The zero-order chi connectivity index (χ0) is 19.6. The molecule has 0 radical (unpaired) electrons. The van der Waals surface area contributed by atoms with Crippen LogP contribution in [0.15, 0.2) is 47.5 Å². The van der Waals surface area contributed by atoms with Gasteiger partial charge in [0, 0.05) is 32.2 Å². The molecule has 5 heteroatoms. The van der Waals surface area contributed by atoms with Crippen molar-refractivity contribution in [2.45, 2.75) is 33.5 Å². The van der Waals surface area contributed by atoms with Gasteiger partial charge in [0.25, 0.3) is 0 Å². The molecule has 5 nitrogen and oxygen atoms in total. The van der Waals surface area contributed by atoms with Crippen molar-refractivity contribution in [3.63, 3.8) is 0 Å². The van der Waals surface area contributed by atoms with Gasteiger partial charge in [0.1, 0.15) is 5.75 Å². The zero-order valence-corrected chi connectivity index (χ0v) is 17.2. The Morgan fingerprint density at radius 2 is 1.67 bits per heavy atom. The summed E-state index contributed by atoms with van der Waals surface area (Å²) in [5.41, 5.74) is 4.92. The summed E-state index contributed by atoms with van der Waals surface area (Å²) in [6, 6.07) is 14.8. The molecule has 0 aliphatic heterocycles. The van der Waals surface area contributed by atoms with E-state index in [-0.39, 0.29) is 0 Å². The summed E-state index contributed by atoms with van der Waals surface area (Å²) < 4.78 is 5.76. The molecule has 0 heterocycles. The number of aliphatic imine (C=N–C) groups is 1. The second kappa shape index (κ2) is 10.6. The topological polar surface area (TPSA) is 48.9 Å². The number of rotatable bonds is 8. The molecule has 0 bridgehead atoms. The highest BCUT2D eigenvalue weighted by atomic mass is 16.5. The maximum absolute atomic E-state index is 5.76. The first kappa shape index (κ1) is 20.8. The van der Waals surface area contributed by atoms with Crippen molar-refractivity contribution in [3.8, 4) is 5.75 Å². The van der Waals surface area contributed by atoms with Crippen molar-refractivity contribution in [3.05, 3.63) is 64.7 Å². The normalized spacial score (nSPS) is 11.6. The number of guanidine groups is 1. The van der Waals surface area contributed by atoms with E-state index in [9.17, 15) is 0 Å². The molecule has 0 fully saturated rings. The molecule has 0 aliphatic rings. The summed E-state index contributed by atoms with van der Waals surface area (Å²) >= 11 is 0. The number of hydrogen-bond donors (Lipinski definition) is 2. The maximum atomic E-state index is 5.76. The van der Waals surface area contributed by atoms with Gasteiger partial charge in [-0.3, -0.25) is 4.99 Å². The molecule has 27 heavy (non-hydrogen) atoms. The van der Waals surface area contributed by atoms with Crippen molar-refractivity contribution in [1.29, 1.82) is 0 Å². The van der Waals surface area contributed by atoms with Crippen LogP contribution in [0.3, 0.4) is 0 Å². The molecule has 0 amide bonds. The molecular formula is C22H32N4O. The third-order valence-electron chi connectivity index (χ3n) is 4.24. The minimum atomic E-state index is 0.659. The number of aryl methyl sites for hydroxylation is 1. The Hall–Kier alpha value is -2.53. The predicted molar refractivity (Wildman–Crippen MR) is 113 cm³/mol. The predicted octanol–water partition coefficient (Wildman–Crippen LogP) is 3.32. The van der Waals surface area contributed by atoms with E-state index in [0.29, 0.717) is 13.2 Å². The molecule has 0 aromatic heterocycles. The van der Waals surface area contributed by atoms with E-state index >= 15 is 0 Å². The summed E-state index contributed by atoms with van der Waals surface area (Å²) in [4.78, 5) is 6.52. The number of nitrogens with zero attached hydrogens (tertiary/aromatic N) is 2. The molecule has 0 aliphatic carbocycles. The molecular weight excluding hydrogens is 336 g/mol. The van der Waals surface area contributed by atoms with E-state index in [2.05, 4.69) is 84.0 Å². The Bertz CT molecular complexity index is 756. The number of ether oxygens (including phenoxy) is 1. The molecule has 0 atom stereocenters. The molecule has 0 unspecified atom stereocenters. The first-order chi connectivity index (χ1) is 13.0. The van der Waals surface area contributed by atoms with E-state index < -0.39 is 0 Å². The summed E-state index contributed by atoms with van der Waals surface area (Å²) in [6.45, 7) is 7.05. The second-order valence-corrected chi connectivity index (χ2v) is 6.83. The molecule has 2 aromatic carbocycles. The van der Waals surface area contributed by atoms with E-state index in [1.54, 1.807) is 7.05 Å². The molecule has 146 valence electrons. The fourth-order valence-electron chi connectivity index (χ4n) is 2.90. The Morgan fingerprint density at radius 3 is 2.30 bits per heavy atom. The van der Waals surface area contributed by atoms with Gasteiger partial charge < -0.3 is 20.3 Å². The largest absolute Gasteiger partial charge is 0.494 e. The van der Waals surface area contributed by atoms with Gasteiger partial charge in [-0.15, -0.1) is 0 Å². The summed E-state index contributed by atoms with van der Waals surface area (Å²) in [5, 5.41) is 6.79. The van der Waals surface area contributed by atoms with Crippen molar-refractivity contribution in [2.24, 2.45) is 4.99 Å². The van der Waals surface area contributed by atoms with Crippen LogP contribution in [0, 0.1) is 6.92 Å². The van der Waals surface area contributed by atoms with Crippen molar-refractivity contribution < 1.29 is 4.74 Å². The van der Waals surface area contributed by atoms with E-state index in [1.807, 2.05) is 6.92 Å². The van der Waals surface area contributed by atoms with Gasteiger partial charge in [0.2, 0.25) is 0 Å². The van der Waals surface area contributed by atoms with Crippen molar-refractivity contribution >= 4 is 5.96 Å². The Labute approximate surface area is 163 Å². The smallest absolute Gasteiger partial charge is 0.191 e. The SMILES string of the molecule is CCOc1cc(C)ccc1CNC(=NC)NCc1ccccc1CN(C)C. The summed E-state index contributed by atoms with van der Waals surface area (Å²) in [7, 11) is 5.96. The zero-order valence-electron chi connectivity index (χ0n) is 17.2. The molecule has 2 rings (SSSR count). The third kappa shape index (κ3) is 6.61. The van der Waals surface area contributed by atoms with Crippen LogP contribution in [0.1, 0.15) is 29.2 Å². The highest BCUT2D eigenvalue weighted by Gasteiger charge is 2.07. The van der Waals surface area contributed by atoms with Gasteiger partial charge in [0.05, 0.1) is 6.61 Å². The Balaban J connectivity index is 1.98. The summed E-state index contributed by atoms with van der Waals surface area (Å²) in [5.74, 6) is 1.70. The summed E-state index contributed by atoms with van der Waals surface area (Å²) in [6.07, 6.45) is 0. The molecule has 0 saturated carbocycles. The minimum Gasteiger partial charge on any atom is -0.494 e. The second-order valence-electron chi connectivity index (χ2n) is 6.83. The van der Waals surface area contributed by atoms with Gasteiger partial charge in [-0.25, -0.2) is 0 Å². The van der Waals surface area contributed by atoms with E-state index in [4.69, 9.17) is 4.74 Å². The van der Waals surface area contributed by atoms with Crippen LogP contribution < -0.4 is 15.4 Å². The lowest BCUT2D eigenvalue weighted by molar-refractivity contribution is 0.336. The number of hydrogen-bond acceptors (Lipinski definition) is 3. The van der Waals surface area contributed by atoms with Gasteiger partial charge in [0.15, 0.2) is 5.96 Å². The fraction of sp³-hybridized carbons (Fsp3) is 0.409. The van der Waals surface area contributed by atoms with Gasteiger partial charge in [-0.2, -0.15) is 0 Å². The van der Waals surface area contributed by atoms with Gasteiger partial charge >= 0.3 is 0 Å². The first-order valence-electron chi connectivity index (χ1n) is 9.41. The Morgan fingerprint density at radius 1 is 1.00 bits per heavy atom. The Kier molecular flexibility index (Phi) is 8.14. The van der Waals surface area contributed by atoms with Crippen molar-refractivity contribution in [1.82, 2.24) is 15.5 Å².